The van der Waals surface area contributed by atoms with Crippen molar-refractivity contribution in [2.45, 2.75) is 26.4 Å². The SMILES string of the molecule is CC(C)(CO)C(OP(=O)(O)O)C(=O)NCCC(=O)NCCS. The van der Waals surface area contributed by atoms with E-state index in [0.717, 1.165) is 0 Å². The Morgan fingerprint density at radius 2 is 1.86 bits per heavy atom. The molecule has 0 fully saturated rings. The van der Waals surface area contributed by atoms with Crippen molar-refractivity contribution in [3.05, 3.63) is 0 Å². The molecular weight excluding hydrogens is 335 g/mol. The predicted molar refractivity (Wildman–Crippen MR) is 82.3 cm³/mol. The number of aliphatic hydroxyl groups excluding tert-OH is 1. The summed E-state index contributed by atoms with van der Waals surface area (Å²) in [7, 11) is -4.91. The van der Waals surface area contributed by atoms with E-state index >= 15 is 0 Å². The third kappa shape index (κ3) is 8.72. The summed E-state index contributed by atoms with van der Waals surface area (Å²) < 4.78 is 15.4. The molecule has 1 unspecified atom stereocenters. The van der Waals surface area contributed by atoms with E-state index in [9.17, 15) is 19.3 Å². The molecule has 0 saturated carbocycles. The van der Waals surface area contributed by atoms with Gasteiger partial charge < -0.3 is 25.5 Å². The highest BCUT2D eigenvalue weighted by molar-refractivity contribution is 7.80. The number of nitrogens with one attached hydrogen (secondary N) is 2. The fraction of sp³-hybridized carbons (Fsp3) is 0.818. The van der Waals surface area contributed by atoms with Gasteiger partial charge in [0.25, 0.3) is 0 Å². The lowest BCUT2D eigenvalue weighted by atomic mass is 9.87. The third-order valence-corrected chi connectivity index (χ3v) is 3.39. The zero-order chi connectivity index (χ0) is 17.4. The fourth-order valence-electron chi connectivity index (χ4n) is 1.44. The summed E-state index contributed by atoms with van der Waals surface area (Å²) in [4.78, 5) is 41.1. The molecule has 1 atom stereocenters. The minimum atomic E-state index is -4.91. The first kappa shape index (κ1) is 21.4. The Bertz CT molecular complexity index is 427. The number of carbonyl (C=O) groups excluding carboxylic acids is 2. The Balaban J connectivity index is 4.59. The fourth-order valence-corrected chi connectivity index (χ4v) is 2.21. The van der Waals surface area contributed by atoms with Crippen molar-refractivity contribution < 1.29 is 33.6 Å². The lowest BCUT2D eigenvalue weighted by Crippen LogP contribution is -2.47. The molecule has 11 heteroatoms. The summed E-state index contributed by atoms with van der Waals surface area (Å²) in [6.07, 6.45) is -1.55. The maximum Gasteiger partial charge on any atom is 0.470 e. The summed E-state index contributed by atoms with van der Waals surface area (Å²) in [5.41, 5.74) is -1.21. The standard InChI is InChI=1S/C11H23N2O7PS/c1-11(2,7-14)9(20-21(17,18)19)10(16)13-4-3-8(15)12-5-6-22/h9,14,22H,3-7H2,1-2H3,(H,12,15)(H,13,16)(H2,17,18,19). The van der Waals surface area contributed by atoms with E-state index in [1.807, 2.05) is 0 Å². The Kier molecular flexibility index (Phi) is 9.21. The van der Waals surface area contributed by atoms with Crippen molar-refractivity contribution in [2.24, 2.45) is 5.41 Å². The topological polar surface area (TPSA) is 145 Å². The third-order valence-electron chi connectivity index (χ3n) is 2.68. The summed E-state index contributed by atoms with van der Waals surface area (Å²) in [5, 5.41) is 14.1. The zero-order valence-corrected chi connectivity index (χ0v) is 14.3. The van der Waals surface area contributed by atoms with Crippen LogP contribution in [0.4, 0.5) is 0 Å². The van der Waals surface area contributed by atoms with Crippen LogP contribution in [0.5, 0.6) is 0 Å². The lowest BCUT2D eigenvalue weighted by molar-refractivity contribution is -0.136. The maximum atomic E-state index is 12.0. The van der Waals surface area contributed by atoms with Gasteiger partial charge in [0.05, 0.1) is 6.61 Å². The van der Waals surface area contributed by atoms with Crippen molar-refractivity contribution in [1.82, 2.24) is 10.6 Å². The van der Waals surface area contributed by atoms with Gasteiger partial charge in [0.15, 0.2) is 6.10 Å². The molecule has 0 saturated heterocycles. The van der Waals surface area contributed by atoms with Crippen molar-refractivity contribution in [3.63, 3.8) is 0 Å². The molecule has 0 rings (SSSR count). The molecule has 0 heterocycles. The number of rotatable bonds is 10. The van der Waals surface area contributed by atoms with Gasteiger partial charge >= 0.3 is 7.82 Å². The van der Waals surface area contributed by atoms with Crippen molar-refractivity contribution in [3.8, 4) is 0 Å². The van der Waals surface area contributed by atoms with E-state index in [4.69, 9.17) is 9.79 Å². The second kappa shape index (κ2) is 9.49. The van der Waals surface area contributed by atoms with Gasteiger partial charge in [-0.15, -0.1) is 0 Å². The van der Waals surface area contributed by atoms with Crippen LogP contribution in [0, 0.1) is 5.41 Å². The maximum absolute atomic E-state index is 12.0. The number of phosphoric ester groups is 1. The quantitative estimate of drug-likeness (QED) is 0.218. The number of thiol groups is 1. The van der Waals surface area contributed by atoms with Crippen LogP contribution in [-0.4, -0.2) is 58.3 Å². The first-order valence-corrected chi connectivity index (χ1v) is 8.70. The van der Waals surface area contributed by atoms with E-state index in [0.29, 0.717) is 12.3 Å². The minimum Gasteiger partial charge on any atom is -0.396 e. The Morgan fingerprint density at radius 1 is 1.27 bits per heavy atom. The van der Waals surface area contributed by atoms with Crippen LogP contribution >= 0.6 is 20.5 Å². The van der Waals surface area contributed by atoms with E-state index in [2.05, 4.69) is 27.8 Å². The summed E-state index contributed by atoms with van der Waals surface area (Å²) in [6.45, 7) is 2.70. The van der Waals surface area contributed by atoms with Crippen LogP contribution in [0.15, 0.2) is 0 Å². The highest BCUT2D eigenvalue weighted by atomic mass is 32.1. The van der Waals surface area contributed by atoms with Gasteiger partial charge in [0, 0.05) is 30.7 Å². The molecule has 0 aromatic rings. The van der Waals surface area contributed by atoms with Crippen molar-refractivity contribution in [2.75, 3.05) is 25.4 Å². The Morgan fingerprint density at radius 3 is 2.32 bits per heavy atom. The molecule has 0 bridgehead atoms. The van der Waals surface area contributed by atoms with E-state index in [-0.39, 0.29) is 18.9 Å². The number of hydrogen-bond donors (Lipinski definition) is 6. The van der Waals surface area contributed by atoms with Gasteiger partial charge in [0.2, 0.25) is 11.8 Å². The van der Waals surface area contributed by atoms with Crippen LogP contribution in [0.2, 0.25) is 0 Å². The van der Waals surface area contributed by atoms with Gasteiger partial charge in [-0.2, -0.15) is 12.6 Å². The van der Waals surface area contributed by atoms with Gasteiger partial charge in [-0.3, -0.25) is 14.1 Å². The molecule has 0 aliphatic heterocycles. The van der Waals surface area contributed by atoms with Crippen LogP contribution in [-0.2, 0) is 18.7 Å². The van der Waals surface area contributed by atoms with E-state index in [1.54, 1.807) is 0 Å². The van der Waals surface area contributed by atoms with Crippen LogP contribution in [0.1, 0.15) is 20.3 Å². The number of carbonyl (C=O) groups is 2. The number of hydrogen-bond acceptors (Lipinski definition) is 6. The molecule has 0 radical (unpaired) electrons. The normalized spacial score (nSPS) is 13.5. The molecule has 0 aliphatic carbocycles. The number of phosphoric acid groups is 1. The smallest absolute Gasteiger partial charge is 0.396 e. The first-order chi connectivity index (χ1) is 10.0. The molecule has 130 valence electrons. The molecule has 0 aromatic carbocycles. The molecule has 0 aromatic heterocycles. The zero-order valence-electron chi connectivity index (χ0n) is 12.5. The molecule has 0 aliphatic rings. The predicted octanol–water partition coefficient (Wildman–Crippen LogP) is -0.965. The highest BCUT2D eigenvalue weighted by Gasteiger charge is 2.40. The van der Waals surface area contributed by atoms with Gasteiger partial charge in [0.1, 0.15) is 0 Å². The highest BCUT2D eigenvalue weighted by Crippen LogP contribution is 2.41. The largest absolute Gasteiger partial charge is 0.470 e. The molecule has 9 nitrogen and oxygen atoms in total. The monoisotopic (exact) mass is 358 g/mol. The second-order valence-electron chi connectivity index (χ2n) is 5.24. The van der Waals surface area contributed by atoms with E-state index in [1.165, 1.54) is 13.8 Å². The summed E-state index contributed by atoms with van der Waals surface area (Å²) in [6, 6.07) is 0. The average Bonchev–Trinajstić information content (AvgIpc) is 2.41. The summed E-state index contributed by atoms with van der Waals surface area (Å²) in [5.74, 6) is -0.617. The number of amides is 2. The Labute approximate surface area is 134 Å². The molecule has 0 spiro atoms. The van der Waals surface area contributed by atoms with Gasteiger partial charge in [-0.25, -0.2) is 4.57 Å². The Hall–Kier alpha value is -0.640. The molecular formula is C11H23N2O7PS. The molecule has 22 heavy (non-hydrogen) atoms. The first-order valence-electron chi connectivity index (χ1n) is 6.53. The van der Waals surface area contributed by atoms with Crippen LogP contribution in [0.3, 0.4) is 0 Å². The van der Waals surface area contributed by atoms with Crippen molar-refractivity contribution in [1.29, 1.82) is 0 Å². The lowest BCUT2D eigenvalue weighted by Gasteiger charge is -2.31. The minimum absolute atomic E-state index is 0.00169. The average molecular weight is 358 g/mol. The second-order valence-corrected chi connectivity index (χ2v) is 6.88. The van der Waals surface area contributed by atoms with E-state index < -0.39 is 31.9 Å². The van der Waals surface area contributed by atoms with Gasteiger partial charge in [-0.1, -0.05) is 13.8 Å². The van der Waals surface area contributed by atoms with Crippen LogP contribution < -0.4 is 10.6 Å². The van der Waals surface area contributed by atoms with Crippen molar-refractivity contribution >= 4 is 32.3 Å². The molecule has 2 amide bonds. The molecule has 5 N–H and O–H groups in total. The van der Waals surface area contributed by atoms with Crippen LogP contribution in [0.25, 0.3) is 0 Å². The van der Waals surface area contributed by atoms with Gasteiger partial charge in [-0.05, 0) is 0 Å². The summed E-state index contributed by atoms with van der Waals surface area (Å²) >= 11 is 3.93. The number of aliphatic hydroxyl groups is 1.